The number of hydrogen-bond donors (Lipinski definition) is 2. The highest BCUT2D eigenvalue weighted by Crippen LogP contribution is 2.66. The zero-order valence-corrected chi connectivity index (χ0v) is 21.8. The molecule has 3 aromatic heterocycles. The van der Waals surface area contributed by atoms with Crippen molar-refractivity contribution in [3.63, 3.8) is 0 Å². The minimum atomic E-state index is -0.700. The lowest BCUT2D eigenvalue weighted by Crippen LogP contribution is -2.46. The summed E-state index contributed by atoms with van der Waals surface area (Å²) < 4.78 is 12.3. The second-order valence-electron chi connectivity index (χ2n) is 10.5. The van der Waals surface area contributed by atoms with Crippen molar-refractivity contribution in [2.75, 3.05) is 23.8 Å². The van der Waals surface area contributed by atoms with Gasteiger partial charge in [0.2, 0.25) is 5.91 Å². The van der Waals surface area contributed by atoms with Gasteiger partial charge in [0.15, 0.2) is 11.5 Å². The number of carbonyl (C=O) groups excluding carboxylic acids is 2. The molecule has 0 spiro atoms. The van der Waals surface area contributed by atoms with Gasteiger partial charge in [0, 0.05) is 30.6 Å². The fraction of sp³-hybridized carbons (Fsp3) is 0.462. The molecule has 3 aliphatic carbocycles. The van der Waals surface area contributed by atoms with Gasteiger partial charge in [-0.15, -0.1) is 5.10 Å². The average molecular weight is 538 g/mol. The van der Waals surface area contributed by atoms with Gasteiger partial charge >= 0.3 is 6.09 Å². The van der Waals surface area contributed by atoms with Crippen LogP contribution < -0.4 is 10.6 Å². The summed E-state index contributed by atoms with van der Waals surface area (Å²) >= 11 is 6.11. The van der Waals surface area contributed by atoms with Crippen LogP contribution >= 0.6 is 11.6 Å². The topological polar surface area (TPSA) is 133 Å². The molecule has 3 aromatic rings. The molecule has 11 nitrogen and oxygen atoms in total. The molecule has 4 fully saturated rings. The molecule has 38 heavy (non-hydrogen) atoms. The second kappa shape index (κ2) is 9.63. The summed E-state index contributed by atoms with van der Waals surface area (Å²) in [4.78, 5) is 34.1. The molecule has 2 amide bonds. The Balaban J connectivity index is 1.09. The molecule has 1 aliphatic heterocycles. The number of rotatable bonds is 7. The number of nitrogens with zero attached hydrogens (tertiary/aromatic N) is 5. The lowest BCUT2D eigenvalue weighted by atomic mass is 9.61. The molecule has 1 saturated heterocycles. The van der Waals surface area contributed by atoms with E-state index in [0.29, 0.717) is 45.7 Å². The van der Waals surface area contributed by atoms with Gasteiger partial charge in [-0.25, -0.2) is 14.5 Å². The van der Waals surface area contributed by atoms with Crippen molar-refractivity contribution >= 4 is 35.1 Å². The maximum absolute atomic E-state index is 13.0. The van der Waals surface area contributed by atoms with Crippen LogP contribution in [0.2, 0.25) is 5.15 Å². The molecule has 0 aromatic carbocycles. The molecule has 2 atom stereocenters. The summed E-state index contributed by atoms with van der Waals surface area (Å²) in [6, 6.07) is 6.97. The lowest BCUT2D eigenvalue weighted by molar-refractivity contribution is -0.123. The lowest BCUT2D eigenvalue weighted by Gasteiger charge is -2.48. The van der Waals surface area contributed by atoms with Crippen LogP contribution in [0.1, 0.15) is 37.9 Å². The summed E-state index contributed by atoms with van der Waals surface area (Å²) in [6.07, 6.45) is 5.04. The normalized spacial score (nSPS) is 24.7. The number of halogens is 1. The van der Waals surface area contributed by atoms with Crippen LogP contribution in [0, 0.1) is 23.2 Å². The quantitative estimate of drug-likeness (QED) is 0.428. The van der Waals surface area contributed by atoms with E-state index in [1.54, 1.807) is 50.6 Å². The molecule has 4 aliphatic rings. The number of amides is 2. The van der Waals surface area contributed by atoms with Crippen molar-refractivity contribution in [1.29, 1.82) is 0 Å². The van der Waals surface area contributed by atoms with Crippen LogP contribution in [0.15, 0.2) is 36.7 Å². The number of aromatic nitrogens is 5. The molecule has 4 heterocycles. The molecule has 2 N–H and O–H groups in total. The van der Waals surface area contributed by atoms with Crippen LogP contribution in [0.5, 0.6) is 0 Å². The third-order valence-electron chi connectivity index (χ3n) is 8.20. The highest BCUT2D eigenvalue weighted by molar-refractivity contribution is 6.30. The van der Waals surface area contributed by atoms with Gasteiger partial charge in [0.05, 0.1) is 30.8 Å². The maximum Gasteiger partial charge on any atom is 0.413 e. The Morgan fingerprint density at radius 1 is 1.18 bits per heavy atom. The molecule has 7 rings (SSSR count). The van der Waals surface area contributed by atoms with E-state index in [1.807, 2.05) is 0 Å². The van der Waals surface area contributed by atoms with E-state index >= 15 is 0 Å². The fourth-order valence-corrected chi connectivity index (χ4v) is 6.27. The van der Waals surface area contributed by atoms with Crippen LogP contribution in [0.3, 0.4) is 0 Å². The predicted octanol–water partition coefficient (Wildman–Crippen LogP) is 4.24. The number of hydrogen-bond acceptors (Lipinski definition) is 8. The Morgan fingerprint density at radius 2 is 2.00 bits per heavy atom. The summed E-state index contributed by atoms with van der Waals surface area (Å²) in [7, 11) is 1.65. The largest absolute Gasteiger partial charge is 0.441 e. The third kappa shape index (κ3) is 4.39. The minimum Gasteiger partial charge on any atom is -0.441 e. The SMILES string of the molecule is C[C@@H](OC(=O)Nc1c(-c2ccc(NC(=O)C3CC4(C5COC5)CC3C4)cn2)nnn1C)c1cccnc1Cl. The molecule has 1 unspecified atom stereocenters. The first-order valence-corrected chi connectivity index (χ1v) is 13.0. The minimum absolute atomic E-state index is 0.0426. The number of pyridine rings is 2. The Hall–Kier alpha value is -3.57. The smallest absolute Gasteiger partial charge is 0.413 e. The van der Waals surface area contributed by atoms with Crippen molar-refractivity contribution in [1.82, 2.24) is 25.0 Å². The van der Waals surface area contributed by atoms with Gasteiger partial charge in [-0.05, 0) is 55.7 Å². The molecular formula is C26H28ClN7O4. The van der Waals surface area contributed by atoms with E-state index in [2.05, 4.69) is 30.9 Å². The predicted molar refractivity (Wildman–Crippen MR) is 138 cm³/mol. The van der Waals surface area contributed by atoms with E-state index in [1.165, 1.54) is 4.68 Å². The number of ether oxygens (including phenoxy) is 2. The van der Waals surface area contributed by atoms with Crippen molar-refractivity contribution in [3.05, 3.63) is 47.4 Å². The molecule has 3 saturated carbocycles. The second-order valence-corrected chi connectivity index (χ2v) is 10.8. The Bertz CT molecular complexity index is 1370. The van der Waals surface area contributed by atoms with Crippen molar-refractivity contribution in [2.24, 2.45) is 30.2 Å². The van der Waals surface area contributed by atoms with E-state index < -0.39 is 12.2 Å². The maximum atomic E-state index is 13.0. The van der Waals surface area contributed by atoms with E-state index in [0.717, 1.165) is 32.5 Å². The number of aryl methyl sites for hydroxylation is 1. The molecular weight excluding hydrogens is 510 g/mol. The average Bonchev–Trinajstić information content (AvgIpc) is 3.51. The Kier molecular flexibility index (Phi) is 6.27. The highest BCUT2D eigenvalue weighted by atomic mass is 35.5. The Morgan fingerprint density at radius 3 is 2.68 bits per heavy atom. The van der Waals surface area contributed by atoms with Crippen LogP contribution in [-0.4, -0.2) is 50.2 Å². The number of carbonyl (C=O) groups is 2. The van der Waals surface area contributed by atoms with Crippen LogP contribution in [0.25, 0.3) is 11.4 Å². The Labute approximate surface area is 224 Å². The summed E-state index contributed by atoms with van der Waals surface area (Å²) in [5, 5.41) is 14.1. The fourth-order valence-electron chi connectivity index (χ4n) is 6.00. The van der Waals surface area contributed by atoms with Crippen molar-refractivity contribution < 1.29 is 19.1 Å². The first-order chi connectivity index (χ1) is 18.3. The molecule has 0 radical (unpaired) electrons. The zero-order chi connectivity index (χ0) is 26.4. The number of anilines is 2. The van der Waals surface area contributed by atoms with Crippen molar-refractivity contribution in [2.45, 2.75) is 32.3 Å². The summed E-state index contributed by atoms with van der Waals surface area (Å²) in [5.41, 5.74) is 2.38. The first-order valence-electron chi connectivity index (χ1n) is 12.7. The van der Waals surface area contributed by atoms with Gasteiger partial charge < -0.3 is 14.8 Å². The van der Waals surface area contributed by atoms with Gasteiger partial charge in [-0.1, -0.05) is 22.9 Å². The first kappa shape index (κ1) is 24.7. The molecule has 2 bridgehead atoms. The van der Waals surface area contributed by atoms with E-state index in [-0.39, 0.29) is 17.0 Å². The molecule has 198 valence electrons. The van der Waals surface area contributed by atoms with Crippen molar-refractivity contribution in [3.8, 4) is 11.4 Å². The van der Waals surface area contributed by atoms with Gasteiger partial charge in [-0.3, -0.25) is 15.1 Å². The van der Waals surface area contributed by atoms with Crippen LogP contribution in [-0.2, 0) is 21.3 Å². The van der Waals surface area contributed by atoms with Crippen LogP contribution in [0.4, 0.5) is 16.3 Å². The highest BCUT2D eigenvalue weighted by Gasteiger charge is 2.62. The van der Waals surface area contributed by atoms with Gasteiger partial charge in [0.1, 0.15) is 11.3 Å². The standard InChI is InChI=1S/C26H28ClN7O4/c1-14(18-4-3-7-28-22(18)27)38-25(36)31-23-21(32-33-34(23)2)20-6-5-17(11-29-20)30-24(35)19-10-26(8-15(19)9-26)16-12-37-13-16/h3-7,11,14-16,19H,8-10,12-13H2,1-2H3,(H,30,35)(H,31,36)/t14-,15?,19?,26?/m1/s1. The van der Waals surface area contributed by atoms with E-state index in [4.69, 9.17) is 21.1 Å². The van der Waals surface area contributed by atoms with E-state index in [9.17, 15) is 9.59 Å². The summed E-state index contributed by atoms with van der Waals surface area (Å²) in [6.45, 7) is 3.37. The number of fused-ring (bicyclic) bond motifs is 1. The third-order valence-corrected chi connectivity index (χ3v) is 8.52. The monoisotopic (exact) mass is 537 g/mol. The van der Waals surface area contributed by atoms with Gasteiger partial charge in [0.25, 0.3) is 0 Å². The molecule has 12 heteroatoms. The summed E-state index contributed by atoms with van der Waals surface area (Å²) in [5.74, 6) is 1.49. The zero-order valence-electron chi connectivity index (χ0n) is 21.1. The number of nitrogens with one attached hydrogen (secondary N) is 2. The van der Waals surface area contributed by atoms with Gasteiger partial charge in [-0.2, -0.15) is 0 Å².